The van der Waals surface area contributed by atoms with Gasteiger partial charge >= 0.3 is 0 Å². The fourth-order valence-electron chi connectivity index (χ4n) is 2.89. The van der Waals surface area contributed by atoms with Gasteiger partial charge in [-0.1, -0.05) is 65.8 Å². The van der Waals surface area contributed by atoms with E-state index >= 15 is 0 Å². The monoisotopic (exact) mass is 335 g/mol. The topological polar surface area (TPSA) is 58.4 Å². The molecule has 0 aliphatic carbocycles. The third-order valence-electron chi connectivity index (χ3n) is 3.95. The average Bonchev–Trinajstić information content (AvgIpc) is 3.01. The Morgan fingerprint density at radius 3 is 2.12 bits per heavy atom. The summed E-state index contributed by atoms with van der Waals surface area (Å²) in [5.74, 6) is 0.224. The predicted molar refractivity (Wildman–Crippen MR) is 97.2 cm³/mol. The van der Waals surface area contributed by atoms with Crippen LogP contribution in [0.15, 0.2) is 71.3 Å². The first-order chi connectivity index (χ1) is 12.1. The van der Waals surface area contributed by atoms with Gasteiger partial charge < -0.3 is 4.52 Å². The van der Waals surface area contributed by atoms with Crippen LogP contribution < -0.4 is 5.32 Å². The Hall–Kier alpha value is -2.92. The molecule has 1 N–H and O–H groups in total. The molecule has 0 radical (unpaired) electrons. The fourth-order valence-corrected chi connectivity index (χ4v) is 2.89. The summed E-state index contributed by atoms with van der Waals surface area (Å²) in [7, 11) is 1.94. The van der Waals surface area contributed by atoms with Crippen molar-refractivity contribution in [3.63, 3.8) is 0 Å². The van der Waals surface area contributed by atoms with Crippen molar-refractivity contribution in [2.45, 2.75) is 13.0 Å². The molecule has 3 rings (SSSR count). The number of carbonyl (C=O) groups excluding carboxylic acids is 1. The number of rotatable bonds is 6. The summed E-state index contributed by atoms with van der Waals surface area (Å²) >= 11 is 0. The van der Waals surface area contributed by atoms with E-state index in [2.05, 4.69) is 34.7 Å². The van der Waals surface area contributed by atoms with E-state index in [0.717, 1.165) is 16.8 Å². The number of amides is 1. The number of hydrogen-bond acceptors (Lipinski definition) is 4. The molecule has 1 amide bonds. The summed E-state index contributed by atoms with van der Waals surface area (Å²) in [6, 6.07) is 22.0. The molecule has 2 aromatic carbocycles. The molecule has 0 aliphatic heterocycles. The van der Waals surface area contributed by atoms with Crippen LogP contribution in [-0.4, -0.2) is 29.6 Å². The Morgan fingerprint density at radius 2 is 1.64 bits per heavy atom. The lowest BCUT2D eigenvalue weighted by molar-refractivity contribution is -0.117. The average molecular weight is 335 g/mol. The lowest BCUT2D eigenvalue weighted by Crippen LogP contribution is -2.33. The van der Waals surface area contributed by atoms with Gasteiger partial charge in [0.15, 0.2) is 0 Å². The van der Waals surface area contributed by atoms with Crippen LogP contribution >= 0.6 is 0 Å². The second-order valence-corrected chi connectivity index (χ2v) is 6.02. The van der Waals surface area contributed by atoms with Crippen molar-refractivity contribution in [2.75, 3.05) is 18.9 Å². The van der Waals surface area contributed by atoms with Crippen molar-refractivity contribution in [2.24, 2.45) is 0 Å². The normalized spacial score (nSPS) is 11.0. The van der Waals surface area contributed by atoms with Crippen LogP contribution in [0.5, 0.6) is 0 Å². The molecular weight excluding hydrogens is 314 g/mol. The zero-order chi connectivity index (χ0) is 17.6. The molecule has 0 spiro atoms. The van der Waals surface area contributed by atoms with E-state index in [4.69, 9.17) is 4.52 Å². The summed E-state index contributed by atoms with van der Waals surface area (Å²) in [5.41, 5.74) is 3.01. The maximum Gasteiger partial charge on any atom is 0.240 e. The summed E-state index contributed by atoms with van der Waals surface area (Å²) in [5, 5.41) is 6.52. The first-order valence-electron chi connectivity index (χ1n) is 8.17. The van der Waals surface area contributed by atoms with E-state index < -0.39 is 0 Å². The Labute approximate surface area is 147 Å². The lowest BCUT2D eigenvalue weighted by atomic mass is 9.97. The van der Waals surface area contributed by atoms with E-state index in [-0.39, 0.29) is 18.5 Å². The van der Waals surface area contributed by atoms with Crippen molar-refractivity contribution < 1.29 is 9.32 Å². The third kappa shape index (κ3) is 4.33. The van der Waals surface area contributed by atoms with E-state index in [1.54, 1.807) is 6.07 Å². The second-order valence-electron chi connectivity index (χ2n) is 6.02. The molecule has 0 saturated carbocycles. The van der Waals surface area contributed by atoms with Gasteiger partial charge in [-0.25, -0.2) is 0 Å². The number of likely N-dealkylation sites (N-methyl/N-ethyl adjacent to an activating group) is 1. The van der Waals surface area contributed by atoms with Gasteiger partial charge in [0.2, 0.25) is 11.8 Å². The van der Waals surface area contributed by atoms with E-state index in [9.17, 15) is 4.79 Å². The number of anilines is 1. The maximum absolute atomic E-state index is 12.4. The van der Waals surface area contributed by atoms with Crippen LogP contribution in [0.2, 0.25) is 0 Å². The Balaban J connectivity index is 1.77. The largest absolute Gasteiger partial charge is 0.338 e. The summed E-state index contributed by atoms with van der Waals surface area (Å²) in [6.45, 7) is 2.04. The molecule has 128 valence electrons. The maximum atomic E-state index is 12.4. The highest BCUT2D eigenvalue weighted by Gasteiger charge is 2.21. The fraction of sp³-hybridized carbons (Fsp3) is 0.200. The summed E-state index contributed by atoms with van der Waals surface area (Å²) in [4.78, 5) is 14.4. The smallest absolute Gasteiger partial charge is 0.240 e. The number of benzene rings is 2. The first kappa shape index (κ1) is 16.9. The molecule has 5 heteroatoms. The lowest BCUT2D eigenvalue weighted by Gasteiger charge is -2.28. The van der Waals surface area contributed by atoms with Crippen LogP contribution in [0.3, 0.4) is 0 Å². The van der Waals surface area contributed by atoms with E-state index in [1.807, 2.05) is 55.3 Å². The van der Waals surface area contributed by atoms with Crippen LogP contribution in [0.4, 0.5) is 5.88 Å². The van der Waals surface area contributed by atoms with Crippen molar-refractivity contribution in [3.8, 4) is 0 Å². The third-order valence-corrected chi connectivity index (χ3v) is 3.95. The Kier molecular flexibility index (Phi) is 5.26. The molecule has 0 unspecified atom stereocenters. The van der Waals surface area contributed by atoms with Gasteiger partial charge in [-0.3, -0.25) is 15.0 Å². The van der Waals surface area contributed by atoms with Crippen LogP contribution in [0.25, 0.3) is 0 Å². The number of nitrogens with one attached hydrogen (secondary N) is 1. The highest BCUT2D eigenvalue weighted by molar-refractivity contribution is 5.91. The quantitative estimate of drug-likeness (QED) is 0.747. The minimum Gasteiger partial charge on any atom is -0.338 e. The molecule has 5 nitrogen and oxygen atoms in total. The Bertz CT molecular complexity index is 776. The van der Waals surface area contributed by atoms with Gasteiger partial charge in [-0.2, -0.15) is 0 Å². The van der Waals surface area contributed by atoms with Gasteiger partial charge in [0.1, 0.15) is 0 Å². The van der Waals surface area contributed by atoms with Crippen molar-refractivity contribution in [3.05, 3.63) is 83.6 Å². The van der Waals surface area contributed by atoms with Crippen molar-refractivity contribution in [1.82, 2.24) is 10.1 Å². The molecular formula is C20H21N3O2. The van der Waals surface area contributed by atoms with Crippen molar-refractivity contribution >= 4 is 11.8 Å². The molecule has 0 bridgehead atoms. The van der Waals surface area contributed by atoms with Gasteiger partial charge in [0, 0.05) is 6.07 Å². The number of hydrogen-bond donors (Lipinski definition) is 1. The van der Waals surface area contributed by atoms with Gasteiger partial charge in [-0.05, 0) is 25.1 Å². The second kappa shape index (κ2) is 7.77. The van der Waals surface area contributed by atoms with Crippen molar-refractivity contribution in [1.29, 1.82) is 0 Å². The molecule has 3 aromatic rings. The summed E-state index contributed by atoms with van der Waals surface area (Å²) < 4.78 is 5.05. The zero-order valence-corrected chi connectivity index (χ0v) is 14.3. The van der Waals surface area contributed by atoms with Crippen LogP contribution in [0.1, 0.15) is 22.9 Å². The number of nitrogens with zero attached hydrogens (tertiary/aromatic N) is 2. The molecule has 0 fully saturated rings. The van der Waals surface area contributed by atoms with Gasteiger partial charge in [0.25, 0.3) is 0 Å². The number of aryl methyl sites for hydroxylation is 1. The number of carbonyl (C=O) groups is 1. The standard InChI is InChI=1S/C20H21N3O2/c1-15-13-19(25-22-15)21-18(24)14-23(2)20(16-9-5-3-6-10-16)17-11-7-4-8-12-17/h3-13,20H,14H2,1-2H3,(H,21,24). The van der Waals surface area contributed by atoms with Gasteiger partial charge in [0.05, 0.1) is 18.3 Å². The first-order valence-corrected chi connectivity index (χ1v) is 8.17. The van der Waals surface area contributed by atoms with E-state index in [1.165, 1.54) is 0 Å². The van der Waals surface area contributed by atoms with Crippen LogP contribution in [-0.2, 0) is 4.79 Å². The molecule has 0 saturated heterocycles. The highest BCUT2D eigenvalue weighted by Crippen LogP contribution is 2.27. The molecule has 0 aliphatic rings. The summed E-state index contributed by atoms with van der Waals surface area (Å²) in [6.07, 6.45) is 0. The number of aromatic nitrogens is 1. The van der Waals surface area contributed by atoms with Gasteiger partial charge in [-0.15, -0.1) is 0 Å². The zero-order valence-electron chi connectivity index (χ0n) is 14.3. The molecule has 1 heterocycles. The molecule has 1 aromatic heterocycles. The predicted octanol–water partition coefficient (Wildman–Crippen LogP) is 3.64. The minimum absolute atomic E-state index is 0.00962. The highest BCUT2D eigenvalue weighted by atomic mass is 16.5. The van der Waals surface area contributed by atoms with Crippen LogP contribution in [0, 0.1) is 6.92 Å². The molecule has 25 heavy (non-hydrogen) atoms. The minimum atomic E-state index is -0.143. The Morgan fingerprint density at radius 1 is 1.08 bits per heavy atom. The van der Waals surface area contributed by atoms with E-state index in [0.29, 0.717) is 5.88 Å². The molecule has 0 atom stereocenters. The SMILES string of the molecule is Cc1cc(NC(=O)CN(C)C(c2ccccc2)c2ccccc2)on1.